The molecule has 0 spiro atoms. The molecule has 2 N–H and O–H groups in total. The molecular weight excluding hydrogens is 474 g/mol. The zero-order chi connectivity index (χ0) is 25.8. The van der Waals surface area contributed by atoms with Crippen molar-refractivity contribution in [2.24, 2.45) is 0 Å². The number of benzene rings is 3. The van der Waals surface area contributed by atoms with E-state index in [1.807, 2.05) is 25.1 Å². The molecule has 8 heteroatoms. The van der Waals surface area contributed by atoms with Gasteiger partial charge >= 0.3 is 5.97 Å². The largest absolute Gasteiger partial charge is 0.507 e. The SMILES string of the molecule is COc1ccc(-c2coc3c4c(cc(O)c3c2=O)OC(=O)C[C@H]4c2cc3ccc(C)cc3[nH]c2=O)cc1. The number of aromatic nitrogens is 1. The second kappa shape index (κ2) is 8.37. The molecule has 5 aromatic rings. The van der Waals surface area contributed by atoms with Crippen LogP contribution in [0, 0.1) is 6.92 Å². The number of aromatic hydroxyl groups is 1. The first kappa shape index (κ1) is 22.6. The summed E-state index contributed by atoms with van der Waals surface area (Å²) in [4.78, 5) is 42.1. The van der Waals surface area contributed by atoms with Gasteiger partial charge in [-0.1, -0.05) is 24.3 Å². The van der Waals surface area contributed by atoms with Crippen molar-refractivity contribution in [2.75, 3.05) is 7.11 Å². The lowest BCUT2D eigenvalue weighted by Gasteiger charge is -2.25. The number of fused-ring (bicyclic) bond motifs is 4. The fraction of sp³-hybridized carbons (Fsp3) is 0.138. The van der Waals surface area contributed by atoms with Crippen LogP contribution < -0.4 is 20.5 Å². The maximum absolute atomic E-state index is 13.5. The minimum atomic E-state index is -0.746. The van der Waals surface area contributed by atoms with Crippen molar-refractivity contribution < 1.29 is 23.8 Å². The number of carbonyl (C=O) groups is 1. The molecule has 184 valence electrons. The van der Waals surface area contributed by atoms with E-state index in [4.69, 9.17) is 13.9 Å². The van der Waals surface area contributed by atoms with Crippen molar-refractivity contribution >= 4 is 27.8 Å². The Balaban J connectivity index is 1.59. The van der Waals surface area contributed by atoms with Gasteiger partial charge in [-0.15, -0.1) is 0 Å². The van der Waals surface area contributed by atoms with Gasteiger partial charge in [-0.25, -0.2) is 0 Å². The summed E-state index contributed by atoms with van der Waals surface area (Å²) in [5.41, 5.74) is 2.46. The summed E-state index contributed by atoms with van der Waals surface area (Å²) in [6.07, 6.45) is 1.18. The van der Waals surface area contributed by atoms with Gasteiger partial charge in [-0.2, -0.15) is 0 Å². The van der Waals surface area contributed by atoms with Crippen molar-refractivity contribution in [2.45, 2.75) is 19.3 Å². The third kappa shape index (κ3) is 3.65. The molecule has 8 nitrogen and oxygen atoms in total. The fourth-order valence-electron chi connectivity index (χ4n) is 4.96. The Bertz CT molecular complexity index is 1850. The van der Waals surface area contributed by atoms with Crippen molar-refractivity contribution in [3.05, 3.63) is 98.1 Å². The monoisotopic (exact) mass is 495 g/mol. The van der Waals surface area contributed by atoms with E-state index in [9.17, 15) is 19.5 Å². The van der Waals surface area contributed by atoms with Crippen molar-refractivity contribution in [1.29, 1.82) is 0 Å². The smallest absolute Gasteiger partial charge is 0.312 e. The van der Waals surface area contributed by atoms with Gasteiger partial charge in [0.25, 0.3) is 5.56 Å². The van der Waals surface area contributed by atoms with Crippen LogP contribution in [-0.4, -0.2) is 23.2 Å². The van der Waals surface area contributed by atoms with Crippen LogP contribution in [-0.2, 0) is 4.79 Å². The molecule has 1 atom stereocenters. The average Bonchev–Trinajstić information content (AvgIpc) is 2.87. The van der Waals surface area contributed by atoms with E-state index in [1.54, 1.807) is 37.4 Å². The Morgan fingerprint density at radius 1 is 1.03 bits per heavy atom. The summed E-state index contributed by atoms with van der Waals surface area (Å²) in [5, 5.41) is 11.5. The topological polar surface area (TPSA) is 119 Å². The van der Waals surface area contributed by atoms with Gasteiger partial charge < -0.3 is 24.0 Å². The molecule has 37 heavy (non-hydrogen) atoms. The molecule has 0 amide bonds. The number of phenols is 1. The summed E-state index contributed by atoms with van der Waals surface area (Å²) < 4.78 is 16.5. The quantitative estimate of drug-likeness (QED) is 0.273. The summed E-state index contributed by atoms with van der Waals surface area (Å²) in [6.45, 7) is 1.93. The first-order chi connectivity index (χ1) is 17.8. The van der Waals surface area contributed by atoms with Gasteiger partial charge in [-0.3, -0.25) is 14.4 Å². The molecule has 1 aliphatic rings. The molecule has 0 radical (unpaired) electrons. The van der Waals surface area contributed by atoms with Gasteiger partial charge in [0.2, 0.25) is 5.43 Å². The summed E-state index contributed by atoms with van der Waals surface area (Å²) >= 11 is 0. The average molecular weight is 495 g/mol. The number of methoxy groups -OCH3 is 1. The zero-order valence-corrected chi connectivity index (χ0v) is 20.0. The number of hydrogen-bond acceptors (Lipinski definition) is 7. The van der Waals surface area contributed by atoms with Crippen LogP contribution in [0.2, 0.25) is 0 Å². The summed E-state index contributed by atoms with van der Waals surface area (Å²) in [7, 11) is 1.55. The molecule has 3 aromatic carbocycles. The highest BCUT2D eigenvalue weighted by Crippen LogP contribution is 2.45. The highest BCUT2D eigenvalue weighted by atomic mass is 16.5. The van der Waals surface area contributed by atoms with Gasteiger partial charge in [0.1, 0.15) is 34.5 Å². The number of pyridine rings is 1. The van der Waals surface area contributed by atoms with E-state index in [2.05, 4.69) is 4.98 Å². The van der Waals surface area contributed by atoms with Crippen LogP contribution >= 0.6 is 0 Å². The number of phenolic OH excluding ortho intramolecular Hbond substituents is 1. The molecule has 2 aromatic heterocycles. The molecule has 0 saturated carbocycles. The predicted octanol–water partition coefficient (Wildman–Crippen LogP) is 4.77. The van der Waals surface area contributed by atoms with Crippen LogP contribution in [0.15, 0.2) is 74.9 Å². The number of rotatable bonds is 3. The number of H-pyrrole nitrogens is 1. The fourth-order valence-corrected chi connectivity index (χ4v) is 4.96. The highest BCUT2D eigenvalue weighted by Gasteiger charge is 2.35. The molecule has 0 aliphatic carbocycles. The van der Waals surface area contributed by atoms with Gasteiger partial charge in [-0.05, 0) is 47.7 Å². The molecule has 0 fully saturated rings. The summed E-state index contributed by atoms with van der Waals surface area (Å²) in [6, 6.07) is 15.5. The first-order valence-corrected chi connectivity index (χ1v) is 11.6. The molecule has 6 rings (SSSR count). The van der Waals surface area contributed by atoms with Crippen molar-refractivity contribution in [3.8, 4) is 28.4 Å². The molecule has 0 bridgehead atoms. The first-order valence-electron chi connectivity index (χ1n) is 11.6. The van der Waals surface area contributed by atoms with Crippen LogP contribution in [0.5, 0.6) is 17.2 Å². The highest BCUT2D eigenvalue weighted by molar-refractivity contribution is 5.94. The van der Waals surface area contributed by atoms with Crippen LogP contribution in [0.4, 0.5) is 0 Å². The lowest BCUT2D eigenvalue weighted by molar-refractivity contribution is -0.135. The molecule has 0 saturated heterocycles. The van der Waals surface area contributed by atoms with E-state index in [1.165, 1.54) is 12.3 Å². The zero-order valence-electron chi connectivity index (χ0n) is 20.0. The van der Waals surface area contributed by atoms with E-state index < -0.39 is 17.3 Å². The minimum absolute atomic E-state index is 0.0509. The molecule has 0 unspecified atom stereocenters. The maximum Gasteiger partial charge on any atom is 0.312 e. The lowest BCUT2D eigenvalue weighted by Crippen LogP contribution is -2.26. The summed E-state index contributed by atoms with van der Waals surface area (Å²) in [5.74, 6) is -1.00. The van der Waals surface area contributed by atoms with Crippen LogP contribution in [0.3, 0.4) is 0 Å². The van der Waals surface area contributed by atoms with E-state index >= 15 is 0 Å². The predicted molar refractivity (Wildman–Crippen MR) is 138 cm³/mol. The second-order valence-electron chi connectivity index (χ2n) is 9.09. The van der Waals surface area contributed by atoms with Gasteiger partial charge in [0, 0.05) is 28.6 Å². The molecule has 1 aliphatic heterocycles. The minimum Gasteiger partial charge on any atom is -0.507 e. The Hall–Kier alpha value is -4.85. The molecule has 3 heterocycles. The van der Waals surface area contributed by atoms with Gasteiger partial charge in [0.05, 0.1) is 19.1 Å². The number of esters is 1. The third-order valence-corrected chi connectivity index (χ3v) is 6.78. The van der Waals surface area contributed by atoms with Crippen molar-refractivity contribution in [1.82, 2.24) is 4.98 Å². The standard InChI is InChI=1S/C29H21NO7/c1-14-3-4-16-10-19(29(34)30-21(16)9-14)18-11-24(32)37-23-12-22(31)26-27(33)20(13-36-28(26)25(18)23)15-5-7-17(35-2)8-6-15/h3-10,12-13,18,31H,11H2,1-2H3,(H,30,34)/t18-/m0/s1. The number of aromatic amines is 1. The number of ether oxygens (including phenoxy) is 2. The van der Waals surface area contributed by atoms with E-state index in [0.29, 0.717) is 28.0 Å². The number of nitrogens with one attached hydrogen (secondary N) is 1. The van der Waals surface area contributed by atoms with Crippen molar-refractivity contribution in [3.63, 3.8) is 0 Å². The number of hydrogen-bond donors (Lipinski definition) is 2. The second-order valence-corrected chi connectivity index (χ2v) is 9.09. The van der Waals surface area contributed by atoms with E-state index in [0.717, 1.165) is 10.9 Å². The lowest BCUT2D eigenvalue weighted by atomic mass is 9.85. The number of carbonyl (C=O) groups excluding carboxylic acids is 1. The maximum atomic E-state index is 13.5. The Labute approximate surface area is 209 Å². The van der Waals surface area contributed by atoms with Crippen LogP contribution in [0.1, 0.15) is 29.0 Å². The molecular formula is C29H21NO7. The van der Waals surface area contributed by atoms with E-state index in [-0.39, 0.29) is 40.0 Å². The third-order valence-electron chi connectivity index (χ3n) is 6.78. The Morgan fingerprint density at radius 2 is 1.81 bits per heavy atom. The Kier molecular flexibility index (Phi) is 5.12. The Morgan fingerprint density at radius 3 is 2.57 bits per heavy atom. The van der Waals surface area contributed by atoms with Gasteiger partial charge in [0.15, 0.2) is 0 Å². The van der Waals surface area contributed by atoms with Crippen LogP contribution in [0.25, 0.3) is 33.0 Å². The normalized spacial score (nSPS) is 15.0. The number of aryl methyl sites for hydroxylation is 1.